The van der Waals surface area contributed by atoms with Gasteiger partial charge in [-0.3, -0.25) is 4.98 Å². The van der Waals surface area contributed by atoms with Crippen LogP contribution in [0.5, 0.6) is 0 Å². The first-order valence-electron chi connectivity index (χ1n) is 7.44. The zero-order valence-electron chi connectivity index (χ0n) is 13.1. The third kappa shape index (κ3) is 4.11. The SMILES string of the molecule is NS(=O)(=O)c1cccc(CNC(=O)Nc2cccc3cccnc23)c1. The molecule has 0 unspecified atom stereocenters. The number of hydrogen-bond donors (Lipinski definition) is 3. The number of benzene rings is 2. The summed E-state index contributed by atoms with van der Waals surface area (Å²) in [4.78, 5) is 16.4. The number of fused-ring (bicyclic) bond motifs is 1. The number of carbonyl (C=O) groups excluding carboxylic acids is 1. The minimum absolute atomic E-state index is 0.00506. The average molecular weight is 356 g/mol. The summed E-state index contributed by atoms with van der Waals surface area (Å²) in [6.07, 6.45) is 1.66. The second-order valence-corrected chi connectivity index (χ2v) is 6.94. The molecule has 2 aromatic carbocycles. The van der Waals surface area contributed by atoms with Crippen molar-refractivity contribution in [2.45, 2.75) is 11.4 Å². The number of pyridine rings is 1. The van der Waals surface area contributed by atoms with Crippen molar-refractivity contribution in [1.29, 1.82) is 0 Å². The van der Waals surface area contributed by atoms with Gasteiger partial charge in [0, 0.05) is 18.1 Å². The van der Waals surface area contributed by atoms with E-state index in [0.717, 1.165) is 5.39 Å². The number of anilines is 1. The van der Waals surface area contributed by atoms with E-state index in [4.69, 9.17) is 5.14 Å². The third-order valence-corrected chi connectivity index (χ3v) is 4.47. The molecule has 0 bridgehead atoms. The first kappa shape index (κ1) is 16.9. The Bertz CT molecular complexity index is 1030. The molecule has 3 rings (SSSR count). The van der Waals surface area contributed by atoms with Crippen molar-refractivity contribution < 1.29 is 13.2 Å². The van der Waals surface area contributed by atoms with Crippen LogP contribution in [0.3, 0.4) is 0 Å². The van der Waals surface area contributed by atoms with Crippen LogP contribution in [0.2, 0.25) is 0 Å². The van der Waals surface area contributed by atoms with E-state index in [9.17, 15) is 13.2 Å². The molecule has 0 fully saturated rings. The number of nitrogens with zero attached hydrogens (tertiary/aromatic N) is 1. The van der Waals surface area contributed by atoms with Gasteiger partial charge in [0.2, 0.25) is 10.0 Å². The fourth-order valence-electron chi connectivity index (χ4n) is 2.39. The standard InChI is InChI=1S/C17H16N4O3S/c18-25(23,24)14-7-1-4-12(10-14)11-20-17(22)21-15-8-2-5-13-6-3-9-19-16(13)15/h1-10H,11H2,(H2,18,23,24)(H2,20,21,22). The van der Waals surface area contributed by atoms with E-state index in [1.54, 1.807) is 24.4 Å². The van der Waals surface area contributed by atoms with Crippen molar-refractivity contribution in [2.24, 2.45) is 5.14 Å². The average Bonchev–Trinajstić information content (AvgIpc) is 2.60. The molecule has 25 heavy (non-hydrogen) atoms. The first-order valence-corrected chi connectivity index (χ1v) is 8.98. The number of sulfonamides is 1. The van der Waals surface area contributed by atoms with Crippen LogP contribution in [-0.2, 0) is 16.6 Å². The maximum atomic E-state index is 12.1. The van der Waals surface area contributed by atoms with Gasteiger partial charge in [-0.1, -0.05) is 30.3 Å². The molecule has 128 valence electrons. The lowest BCUT2D eigenvalue weighted by Gasteiger charge is -2.10. The lowest BCUT2D eigenvalue weighted by Crippen LogP contribution is -2.28. The molecule has 8 heteroatoms. The smallest absolute Gasteiger partial charge is 0.319 e. The largest absolute Gasteiger partial charge is 0.334 e. The lowest BCUT2D eigenvalue weighted by molar-refractivity contribution is 0.252. The van der Waals surface area contributed by atoms with Crippen LogP contribution in [0.1, 0.15) is 5.56 Å². The van der Waals surface area contributed by atoms with E-state index in [-0.39, 0.29) is 11.4 Å². The van der Waals surface area contributed by atoms with E-state index >= 15 is 0 Å². The van der Waals surface area contributed by atoms with E-state index in [1.165, 1.54) is 12.1 Å². The van der Waals surface area contributed by atoms with E-state index in [2.05, 4.69) is 15.6 Å². The van der Waals surface area contributed by atoms with Gasteiger partial charge in [-0.15, -0.1) is 0 Å². The molecule has 0 saturated heterocycles. The Morgan fingerprint density at radius 2 is 1.84 bits per heavy atom. The van der Waals surface area contributed by atoms with Crippen LogP contribution >= 0.6 is 0 Å². The summed E-state index contributed by atoms with van der Waals surface area (Å²) in [5.41, 5.74) is 1.91. The Labute approximate surface area is 144 Å². The molecular formula is C17H16N4O3S. The molecule has 1 heterocycles. The van der Waals surface area contributed by atoms with Crippen molar-refractivity contribution in [3.8, 4) is 0 Å². The monoisotopic (exact) mass is 356 g/mol. The van der Waals surface area contributed by atoms with Crippen LogP contribution in [0.25, 0.3) is 10.9 Å². The fraction of sp³-hybridized carbons (Fsp3) is 0.0588. The fourth-order valence-corrected chi connectivity index (χ4v) is 2.97. The predicted octanol–water partition coefficient (Wildman–Crippen LogP) is 2.20. The Kier molecular flexibility index (Phi) is 4.64. The van der Waals surface area contributed by atoms with E-state index in [1.807, 2.05) is 24.3 Å². The summed E-state index contributed by atoms with van der Waals surface area (Å²) < 4.78 is 22.7. The molecule has 0 spiro atoms. The molecule has 4 N–H and O–H groups in total. The number of hydrogen-bond acceptors (Lipinski definition) is 4. The number of primary sulfonamides is 1. The van der Waals surface area contributed by atoms with Crippen LogP contribution in [0, 0.1) is 0 Å². The Morgan fingerprint density at radius 1 is 1.08 bits per heavy atom. The molecular weight excluding hydrogens is 340 g/mol. The predicted molar refractivity (Wildman–Crippen MR) is 95.4 cm³/mol. The first-order chi connectivity index (χ1) is 11.9. The highest BCUT2D eigenvalue weighted by atomic mass is 32.2. The number of carbonyl (C=O) groups is 1. The Morgan fingerprint density at radius 3 is 2.64 bits per heavy atom. The highest BCUT2D eigenvalue weighted by Crippen LogP contribution is 2.20. The Balaban J connectivity index is 1.69. The number of aromatic nitrogens is 1. The van der Waals surface area contributed by atoms with Gasteiger partial charge in [-0.25, -0.2) is 18.4 Å². The second kappa shape index (κ2) is 6.88. The second-order valence-electron chi connectivity index (χ2n) is 5.38. The zero-order valence-corrected chi connectivity index (χ0v) is 14.0. The van der Waals surface area contributed by atoms with Crippen LogP contribution < -0.4 is 15.8 Å². The number of urea groups is 1. The van der Waals surface area contributed by atoms with Gasteiger partial charge in [-0.05, 0) is 29.8 Å². The minimum atomic E-state index is -3.77. The van der Waals surface area contributed by atoms with Gasteiger partial charge < -0.3 is 10.6 Å². The molecule has 1 aromatic heterocycles. The molecule has 7 nitrogen and oxygen atoms in total. The molecule has 0 aliphatic heterocycles. The number of nitrogens with two attached hydrogens (primary N) is 1. The summed E-state index contributed by atoms with van der Waals surface area (Å²) in [6, 6.07) is 14.9. The maximum absolute atomic E-state index is 12.1. The topological polar surface area (TPSA) is 114 Å². The van der Waals surface area contributed by atoms with Gasteiger partial charge in [0.1, 0.15) is 0 Å². The normalized spacial score (nSPS) is 11.2. The maximum Gasteiger partial charge on any atom is 0.319 e. The summed E-state index contributed by atoms with van der Waals surface area (Å²) in [6.45, 7) is 0.160. The van der Waals surface area contributed by atoms with Crippen molar-refractivity contribution in [2.75, 3.05) is 5.32 Å². The summed E-state index contributed by atoms with van der Waals surface area (Å²) in [5, 5.41) is 11.4. The molecule has 0 atom stereocenters. The van der Waals surface area contributed by atoms with Crippen molar-refractivity contribution in [1.82, 2.24) is 10.3 Å². The quantitative estimate of drug-likeness (QED) is 0.665. The van der Waals surface area contributed by atoms with Gasteiger partial charge in [-0.2, -0.15) is 0 Å². The minimum Gasteiger partial charge on any atom is -0.334 e. The van der Waals surface area contributed by atoms with Crippen LogP contribution in [0.4, 0.5) is 10.5 Å². The number of amides is 2. The van der Waals surface area contributed by atoms with E-state index < -0.39 is 16.1 Å². The highest BCUT2D eigenvalue weighted by molar-refractivity contribution is 7.89. The van der Waals surface area contributed by atoms with Gasteiger partial charge in [0.05, 0.1) is 16.1 Å². The van der Waals surface area contributed by atoms with Crippen molar-refractivity contribution in [3.63, 3.8) is 0 Å². The van der Waals surface area contributed by atoms with Crippen LogP contribution in [0.15, 0.2) is 65.7 Å². The highest BCUT2D eigenvalue weighted by Gasteiger charge is 2.09. The molecule has 0 aliphatic carbocycles. The molecule has 0 aliphatic rings. The molecule has 0 radical (unpaired) electrons. The van der Waals surface area contributed by atoms with Gasteiger partial charge >= 0.3 is 6.03 Å². The summed E-state index contributed by atoms with van der Waals surface area (Å²) in [7, 11) is -3.77. The Hall–Kier alpha value is -2.97. The zero-order chi connectivity index (χ0) is 17.9. The molecule has 3 aromatic rings. The van der Waals surface area contributed by atoms with Crippen LogP contribution in [-0.4, -0.2) is 19.4 Å². The van der Waals surface area contributed by atoms with E-state index in [0.29, 0.717) is 16.8 Å². The summed E-state index contributed by atoms with van der Waals surface area (Å²) >= 11 is 0. The van der Waals surface area contributed by atoms with Crippen molar-refractivity contribution in [3.05, 3.63) is 66.4 Å². The number of nitrogens with one attached hydrogen (secondary N) is 2. The number of rotatable bonds is 4. The third-order valence-electron chi connectivity index (χ3n) is 3.56. The molecule has 0 saturated carbocycles. The summed E-state index contributed by atoms with van der Waals surface area (Å²) in [5.74, 6) is 0. The lowest BCUT2D eigenvalue weighted by atomic mass is 10.2. The molecule has 2 amide bonds. The van der Waals surface area contributed by atoms with Crippen molar-refractivity contribution >= 4 is 32.6 Å². The van der Waals surface area contributed by atoms with Gasteiger partial charge in [0.15, 0.2) is 0 Å². The number of para-hydroxylation sites is 1. The van der Waals surface area contributed by atoms with Gasteiger partial charge in [0.25, 0.3) is 0 Å².